The quantitative estimate of drug-likeness (QED) is 0.647. The van der Waals surface area contributed by atoms with Gasteiger partial charge in [0.2, 0.25) is 0 Å². The Kier molecular flexibility index (Phi) is 5.30. The first-order valence-corrected chi connectivity index (χ1v) is 8.57. The monoisotopic (exact) mass is 423 g/mol. The van der Waals surface area contributed by atoms with E-state index in [9.17, 15) is 18.0 Å². The third-order valence-electron chi connectivity index (χ3n) is 3.88. The van der Waals surface area contributed by atoms with Crippen LogP contribution in [0.25, 0.3) is 5.65 Å². The standard InChI is InChI=1S/C17H13ClF3N7O/c1-8(2)14-12(6-24-28-7-13(18)27-15(14)28)26-16(29)25-9-3-10(17(19,20)21)11(4-22)23-5-9/h3,5-8H,1-2H3,(H2,25,26,29). The summed E-state index contributed by atoms with van der Waals surface area (Å²) >= 11 is 5.91. The van der Waals surface area contributed by atoms with Crippen LogP contribution in [0.1, 0.15) is 36.6 Å². The molecule has 3 heterocycles. The van der Waals surface area contributed by atoms with Crippen LogP contribution in [0.15, 0.2) is 24.7 Å². The Hall–Kier alpha value is -3.39. The van der Waals surface area contributed by atoms with Crippen LogP contribution in [-0.4, -0.2) is 25.6 Å². The number of nitrogens with one attached hydrogen (secondary N) is 2. The number of hydrogen-bond acceptors (Lipinski definition) is 5. The zero-order valence-corrected chi connectivity index (χ0v) is 15.8. The van der Waals surface area contributed by atoms with Gasteiger partial charge in [0.1, 0.15) is 11.2 Å². The minimum absolute atomic E-state index is 0.0670. The first-order valence-electron chi connectivity index (χ1n) is 8.19. The Balaban J connectivity index is 1.89. The number of carbonyl (C=O) groups is 1. The molecule has 3 aromatic rings. The van der Waals surface area contributed by atoms with Crippen molar-refractivity contribution in [3.05, 3.63) is 46.6 Å². The number of aromatic nitrogens is 4. The lowest BCUT2D eigenvalue weighted by Crippen LogP contribution is -2.22. The van der Waals surface area contributed by atoms with Crippen molar-refractivity contribution in [2.45, 2.75) is 25.9 Å². The second-order valence-corrected chi connectivity index (χ2v) is 6.65. The second kappa shape index (κ2) is 7.56. The van der Waals surface area contributed by atoms with Crippen LogP contribution in [0.5, 0.6) is 0 Å². The molecular formula is C17H13ClF3N7O. The van der Waals surface area contributed by atoms with Gasteiger partial charge in [0.25, 0.3) is 0 Å². The van der Waals surface area contributed by atoms with Crippen molar-refractivity contribution in [3.8, 4) is 6.07 Å². The van der Waals surface area contributed by atoms with Gasteiger partial charge in [-0.2, -0.15) is 23.5 Å². The molecule has 0 saturated heterocycles. The molecule has 0 bridgehead atoms. The van der Waals surface area contributed by atoms with E-state index in [-0.39, 0.29) is 16.8 Å². The van der Waals surface area contributed by atoms with Crippen molar-refractivity contribution < 1.29 is 18.0 Å². The van der Waals surface area contributed by atoms with Gasteiger partial charge in [-0.05, 0) is 12.0 Å². The number of pyridine rings is 1. The van der Waals surface area contributed by atoms with E-state index in [1.165, 1.54) is 23.0 Å². The van der Waals surface area contributed by atoms with Crippen molar-refractivity contribution in [3.63, 3.8) is 0 Å². The summed E-state index contributed by atoms with van der Waals surface area (Å²) in [6, 6.07) is 1.21. The molecule has 0 aliphatic heterocycles. The Labute approximate surface area is 167 Å². The number of amides is 2. The van der Waals surface area contributed by atoms with Crippen molar-refractivity contribution in [1.29, 1.82) is 5.26 Å². The molecule has 2 amide bonds. The highest BCUT2D eigenvalue weighted by molar-refractivity contribution is 6.29. The minimum atomic E-state index is -4.79. The van der Waals surface area contributed by atoms with E-state index in [1.807, 2.05) is 13.8 Å². The molecule has 0 aliphatic rings. The summed E-state index contributed by atoms with van der Waals surface area (Å²) in [5.41, 5.74) is -0.826. The van der Waals surface area contributed by atoms with Crippen LogP contribution in [0.3, 0.4) is 0 Å². The summed E-state index contributed by atoms with van der Waals surface area (Å²) in [6.07, 6.45) is -0.926. The fourth-order valence-electron chi connectivity index (χ4n) is 2.72. The number of fused-ring (bicyclic) bond motifs is 1. The van der Waals surface area contributed by atoms with Gasteiger partial charge < -0.3 is 10.6 Å². The Morgan fingerprint density at radius 2 is 2.03 bits per heavy atom. The number of nitrogens with zero attached hydrogens (tertiary/aromatic N) is 5. The van der Waals surface area contributed by atoms with E-state index in [0.717, 1.165) is 6.20 Å². The topological polar surface area (TPSA) is 108 Å². The average molecular weight is 424 g/mol. The van der Waals surface area contributed by atoms with E-state index in [0.29, 0.717) is 23.0 Å². The SMILES string of the molecule is CC(C)c1c(NC(=O)Nc2cnc(C#N)c(C(F)(F)F)c2)cnn2cc(Cl)nc12. The molecule has 0 saturated carbocycles. The Bertz CT molecular complexity index is 1130. The number of nitriles is 1. The lowest BCUT2D eigenvalue weighted by atomic mass is 10.0. The van der Waals surface area contributed by atoms with Crippen molar-refractivity contribution in [1.82, 2.24) is 19.6 Å². The van der Waals surface area contributed by atoms with Crippen molar-refractivity contribution in [2.24, 2.45) is 0 Å². The van der Waals surface area contributed by atoms with Gasteiger partial charge in [-0.1, -0.05) is 25.4 Å². The molecular weight excluding hydrogens is 411 g/mol. The predicted octanol–water partition coefficient (Wildman–Crippen LogP) is 4.44. The summed E-state index contributed by atoms with van der Waals surface area (Å²) in [4.78, 5) is 20.0. The maximum absolute atomic E-state index is 13.0. The van der Waals surface area contributed by atoms with Crippen LogP contribution >= 0.6 is 11.6 Å². The lowest BCUT2D eigenvalue weighted by Gasteiger charge is -2.15. The normalized spacial score (nSPS) is 11.5. The van der Waals surface area contributed by atoms with E-state index < -0.39 is 23.5 Å². The van der Waals surface area contributed by atoms with Crippen LogP contribution in [0, 0.1) is 11.3 Å². The van der Waals surface area contributed by atoms with Crippen molar-refractivity contribution in [2.75, 3.05) is 10.6 Å². The van der Waals surface area contributed by atoms with E-state index >= 15 is 0 Å². The molecule has 150 valence electrons. The smallest absolute Gasteiger partial charge is 0.306 e. The number of alkyl halides is 3. The number of imidazole rings is 1. The highest BCUT2D eigenvalue weighted by atomic mass is 35.5. The number of anilines is 2. The van der Waals surface area contributed by atoms with Crippen molar-refractivity contribution >= 4 is 34.7 Å². The highest BCUT2D eigenvalue weighted by Gasteiger charge is 2.35. The molecule has 0 radical (unpaired) electrons. The molecule has 0 spiro atoms. The molecule has 0 fully saturated rings. The third kappa shape index (κ3) is 4.22. The summed E-state index contributed by atoms with van der Waals surface area (Å²) in [5.74, 6) is -0.0670. The summed E-state index contributed by atoms with van der Waals surface area (Å²) in [7, 11) is 0. The lowest BCUT2D eigenvalue weighted by molar-refractivity contribution is -0.138. The first kappa shape index (κ1) is 20.3. The summed E-state index contributed by atoms with van der Waals surface area (Å²) in [6.45, 7) is 3.75. The number of carbonyl (C=O) groups excluding carboxylic acids is 1. The molecule has 2 N–H and O–H groups in total. The maximum Gasteiger partial charge on any atom is 0.419 e. The average Bonchev–Trinajstić information content (AvgIpc) is 3.00. The first-order chi connectivity index (χ1) is 13.6. The van der Waals surface area contributed by atoms with Crippen LogP contribution in [0.2, 0.25) is 5.15 Å². The van der Waals surface area contributed by atoms with Gasteiger partial charge >= 0.3 is 12.2 Å². The summed E-state index contributed by atoms with van der Waals surface area (Å²) < 4.78 is 40.6. The number of rotatable bonds is 3. The molecule has 8 nitrogen and oxygen atoms in total. The fraction of sp³-hybridized carbons (Fsp3) is 0.235. The fourth-order valence-corrected chi connectivity index (χ4v) is 2.89. The highest BCUT2D eigenvalue weighted by Crippen LogP contribution is 2.33. The van der Waals surface area contributed by atoms with E-state index in [2.05, 4.69) is 25.7 Å². The molecule has 0 aliphatic carbocycles. The number of halogens is 4. The van der Waals surface area contributed by atoms with Gasteiger partial charge in [0.05, 0.1) is 35.5 Å². The zero-order valence-electron chi connectivity index (χ0n) is 15.0. The maximum atomic E-state index is 13.0. The molecule has 12 heteroatoms. The zero-order chi connectivity index (χ0) is 21.3. The minimum Gasteiger partial charge on any atom is -0.306 e. The Morgan fingerprint density at radius 3 is 2.66 bits per heavy atom. The molecule has 29 heavy (non-hydrogen) atoms. The van der Waals surface area contributed by atoms with Crippen LogP contribution in [-0.2, 0) is 6.18 Å². The van der Waals surface area contributed by atoms with Crippen LogP contribution in [0.4, 0.5) is 29.3 Å². The molecule has 0 aromatic carbocycles. The van der Waals surface area contributed by atoms with E-state index in [4.69, 9.17) is 16.9 Å². The second-order valence-electron chi connectivity index (χ2n) is 6.27. The Morgan fingerprint density at radius 1 is 1.31 bits per heavy atom. The molecule has 3 aromatic heterocycles. The van der Waals surface area contributed by atoms with Gasteiger partial charge in [0.15, 0.2) is 11.3 Å². The molecule has 3 rings (SSSR count). The van der Waals surface area contributed by atoms with Gasteiger partial charge in [0, 0.05) is 5.56 Å². The number of hydrogen-bond donors (Lipinski definition) is 2. The number of urea groups is 1. The van der Waals surface area contributed by atoms with Crippen LogP contribution < -0.4 is 10.6 Å². The van der Waals surface area contributed by atoms with Gasteiger partial charge in [-0.3, -0.25) is 0 Å². The van der Waals surface area contributed by atoms with Gasteiger partial charge in [-0.15, -0.1) is 0 Å². The summed E-state index contributed by atoms with van der Waals surface area (Å²) in [5, 5.41) is 17.9. The molecule has 0 atom stereocenters. The predicted molar refractivity (Wildman–Crippen MR) is 98.7 cm³/mol. The van der Waals surface area contributed by atoms with Gasteiger partial charge in [-0.25, -0.2) is 19.3 Å². The largest absolute Gasteiger partial charge is 0.419 e. The van der Waals surface area contributed by atoms with E-state index in [1.54, 1.807) is 0 Å². The third-order valence-corrected chi connectivity index (χ3v) is 4.07. The molecule has 0 unspecified atom stereocenters.